The fourth-order valence-corrected chi connectivity index (χ4v) is 3.11. The van der Waals surface area contributed by atoms with Crippen LogP contribution in [0.4, 0.5) is 0 Å². The molecule has 1 aromatic carbocycles. The monoisotopic (exact) mass is 282 g/mol. The molecule has 21 heavy (non-hydrogen) atoms. The Morgan fingerprint density at radius 2 is 1.95 bits per heavy atom. The van der Waals surface area contributed by atoms with Crippen molar-refractivity contribution < 1.29 is 4.79 Å². The van der Waals surface area contributed by atoms with Crippen LogP contribution in [0, 0.1) is 0 Å². The maximum atomic E-state index is 12.6. The van der Waals surface area contributed by atoms with Crippen LogP contribution >= 0.6 is 0 Å². The van der Waals surface area contributed by atoms with Crippen molar-refractivity contribution in [2.24, 2.45) is 0 Å². The second kappa shape index (κ2) is 6.17. The first-order valence-corrected chi connectivity index (χ1v) is 7.80. The number of hydrogen-bond acceptors (Lipinski definition) is 1. The summed E-state index contributed by atoms with van der Waals surface area (Å²) in [6.07, 6.45) is 4.80. The molecule has 2 heterocycles. The number of rotatable bonds is 4. The van der Waals surface area contributed by atoms with Gasteiger partial charge >= 0.3 is 0 Å². The molecule has 0 bridgehead atoms. The summed E-state index contributed by atoms with van der Waals surface area (Å²) in [7, 11) is 0. The number of aromatic nitrogens is 1. The minimum atomic E-state index is 0.0549. The van der Waals surface area contributed by atoms with Gasteiger partial charge in [0.05, 0.1) is 6.04 Å². The van der Waals surface area contributed by atoms with Crippen molar-refractivity contribution in [3.05, 3.63) is 59.9 Å². The van der Waals surface area contributed by atoms with E-state index in [-0.39, 0.29) is 11.9 Å². The third-order valence-electron chi connectivity index (χ3n) is 4.22. The summed E-state index contributed by atoms with van der Waals surface area (Å²) in [6.45, 7) is 3.82. The van der Waals surface area contributed by atoms with Crippen molar-refractivity contribution in [3.8, 4) is 0 Å². The Morgan fingerprint density at radius 3 is 2.71 bits per heavy atom. The van der Waals surface area contributed by atoms with Crippen molar-refractivity contribution >= 4 is 5.91 Å². The number of carbonyl (C=O) groups is 1. The van der Waals surface area contributed by atoms with Crippen molar-refractivity contribution in [2.45, 2.75) is 38.8 Å². The Kier molecular flexibility index (Phi) is 4.09. The molecule has 3 rings (SSSR count). The fraction of sp³-hybridized carbons (Fsp3) is 0.389. The summed E-state index contributed by atoms with van der Waals surface area (Å²) in [5.41, 5.74) is 2.42. The highest BCUT2D eigenvalue weighted by molar-refractivity contribution is 5.77. The molecular weight excluding hydrogens is 260 g/mol. The zero-order valence-electron chi connectivity index (χ0n) is 12.5. The van der Waals surface area contributed by atoms with Gasteiger partial charge in [0.2, 0.25) is 5.91 Å². The van der Waals surface area contributed by atoms with Gasteiger partial charge in [-0.3, -0.25) is 4.79 Å². The largest absolute Gasteiger partial charge is 0.348 e. The van der Waals surface area contributed by atoms with Crippen LogP contribution in [0.5, 0.6) is 0 Å². The molecule has 0 spiro atoms. The van der Waals surface area contributed by atoms with Gasteiger partial charge in [-0.25, -0.2) is 0 Å². The van der Waals surface area contributed by atoms with Gasteiger partial charge in [-0.15, -0.1) is 0 Å². The summed E-state index contributed by atoms with van der Waals surface area (Å²) in [6, 6.07) is 14.6. The molecule has 110 valence electrons. The smallest absolute Gasteiger partial charge is 0.223 e. The van der Waals surface area contributed by atoms with Gasteiger partial charge < -0.3 is 9.47 Å². The topological polar surface area (TPSA) is 25.2 Å². The second-order valence-corrected chi connectivity index (χ2v) is 5.63. The molecule has 0 radical (unpaired) electrons. The molecule has 2 aromatic rings. The lowest BCUT2D eigenvalue weighted by Gasteiger charge is -2.37. The lowest BCUT2D eigenvalue weighted by molar-refractivity contribution is -0.134. The standard InChI is InChI=1S/C18H22N2O/c1-2-3-11-17(21)20-14-13-19-12-7-10-16(19)18(20)15-8-5-4-6-9-15/h4-10,12,18H,2-3,11,13-14H2,1H3. The number of amides is 1. The Balaban J connectivity index is 1.95. The number of fused-ring (bicyclic) bond motifs is 1. The molecule has 3 nitrogen and oxygen atoms in total. The summed E-state index contributed by atoms with van der Waals surface area (Å²) in [5.74, 6) is 0.276. The van der Waals surface area contributed by atoms with Crippen molar-refractivity contribution in [1.29, 1.82) is 0 Å². The number of hydrogen-bond donors (Lipinski definition) is 0. The van der Waals surface area contributed by atoms with E-state index in [4.69, 9.17) is 0 Å². The van der Waals surface area contributed by atoms with Gasteiger partial charge in [-0.2, -0.15) is 0 Å². The SMILES string of the molecule is CCCCC(=O)N1CCn2cccc2C1c1ccccc1. The van der Waals surface area contributed by atoms with Crippen LogP contribution in [0.15, 0.2) is 48.7 Å². The molecule has 1 atom stereocenters. The van der Waals surface area contributed by atoms with Gasteiger partial charge in [-0.05, 0) is 24.1 Å². The van der Waals surface area contributed by atoms with Crippen LogP contribution in [0.25, 0.3) is 0 Å². The highest BCUT2D eigenvalue weighted by Crippen LogP contribution is 2.32. The molecule has 1 amide bonds. The Morgan fingerprint density at radius 1 is 1.14 bits per heavy atom. The highest BCUT2D eigenvalue weighted by atomic mass is 16.2. The maximum absolute atomic E-state index is 12.6. The normalized spacial score (nSPS) is 17.6. The van der Waals surface area contributed by atoms with E-state index in [1.54, 1.807) is 0 Å². The predicted molar refractivity (Wildman–Crippen MR) is 84.0 cm³/mol. The molecule has 0 aliphatic carbocycles. The van der Waals surface area contributed by atoms with Crippen molar-refractivity contribution in [3.63, 3.8) is 0 Å². The van der Waals surface area contributed by atoms with Crippen LogP contribution in [0.3, 0.4) is 0 Å². The summed E-state index contributed by atoms with van der Waals surface area (Å²) >= 11 is 0. The molecule has 0 saturated carbocycles. The van der Waals surface area contributed by atoms with Gasteiger partial charge in [0.1, 0.15) is 0 Å². The molecule has 1 aliphatic rings. The fourth-order valence-electron chi connectivity index (χ4n) is 3.11. The van der Waals surface area contributed by atoms with E-state index < -0.39 is 0 Å². The van der Waals surface area contributed by atoms with E-state index in [1.807, 2.05) is 18.2 Å². The second-order valence-electron chi connectivity index (χ2n) is 5.63. The molecule has 0 fully saturated rings. The first-order chi connectivity index (χ1) is 10.3. The Bertz CT molecular complexity index is 603. The van der Waals surface area contributed by atoms with E-state index in [0.717, 1.165) is 25.9 Å². The van der Waals surface area contributed by atoms with E-state index in [9.17, 15) is 4.79 Å². The lowest BCUT2D eigenvalue weighted by atomic mass is 9.99. The number of benzene rings is 1. The molecular formula is C18H22N2O. The summed E-state index contributed by atoms with van der Waals surface area (Å²) in [5, 5.41) is 0. The average molecular weight is 282 g/mol. The predicted octanol–water partition coefficient (Wildman–Crippen LogP) is 3.61. The molecule has 1 aliphatic heterocycles. The third-order valence-corrected chi connectivity index (χ3v) is 4.22. The van der Waals surface area contributed by atoms with Crippen LogP contribution in [-0.4, -0.2) is 21.9 Å². The Hall–Kier alpha value is -2.03. The highest BCUT2D eigenvalue weighted by Gasteiger charge is 2.31. The minimum Gasteiger partial charge on any atom is -0.348 e. The number of nitrogens with zero attached hydrogens (tertiary/aromatic N) is 2. The molecule has 3 heteroatoms. The quantitative estimate of drug-likeness (QED) is 0.841. The Labute approximate surface area is 126 Å². The van der Waals surface area contributed by atoms with E-state index in [1.165, 1.54) is 11.3 Å². The van der Waals surface area contributed by atoms with Gasteiger partial charge in [0.15, 0.2) is 0 Å². The van der Waals surface area contributed by atoms with E-state index >= 15 is 0 Å². The molecule has 0 N–H and O–H groups in total. The maximum Gasteiger partial charge on any atom is 0.223 e. The first-order valence-electron chi connectivity index (χ1n) is 7.80. The van der Waals surface area contributed by atoms with Crippen LogP contribution in [0.1, 0.15) is 43.5 Å². The lowest BCUT2D eigenvalue weighted by Crippen LogP contribution is -2.42. The van der Waals surface area contributed by atoms with Crippen LogP contribution < -0.4 is 0 Å². The zero-order valence-corrected chi connectivity index (χ0v) is 12.5. The van der Waals surface area contributed by atoms with Crippen molar-refractivity contribution in [1.82, 2.24) is 9.47 Å². The molecule has 1 unspecified atom stereocenters. The molecule has 0 saturated heterocycles. The van der Waals surface area contributed by atoms with Crippen molar-refractivity contribution in [2.75, 3.05) is 6.54 Å². The van der Waals surface area contributed by atoms with Gasteiger partial charge in [0.25, 0.3) is 0 Å². The van der Waals surface area contributed by atoms with Gasteiger partial charge in [0, 0.05) is 31.4 Å². The number of carbonyl (C=O) groups excluding carboxylic acids is 1. The minimum absolute atomic E-state index is 0.0549. The number of unbranched alkanes of at least 4 members (excludes halogenated alkanes) is 1. The van der Waals surface area contributed by atoms with E-state index in [2.05, 4.69) is 46.9 Å². The van der Waals surface area contributed by atoms with E-state index in [0.29, 0.717) is 6.42 Å². The first kappa shape index (κ1) is 13.9. The average Bonchev–Trinajstić information content (AvgIpc) is 3.01. The third kappa shape index (κ3) is 2.73. The molecule has 1 aromatic heterocycles. The van der Waals surface area contributed by atoms with Crippen LogP contribution in [0.2, 0.25) is 0 Å². The summed E-state index contributed by atoms with van der Waals surface area (Å²) < 4.78 is 2.27. The zero-order chi connectivity index (χ0) is 14.7. The van der Waals surface area contributed by atoms with Crippen LogP contribution in [-0.2, 0) is 11.3 Å². The van der Waals surface area contributed by atoms with Gasteiger partial charge in [-0.1, -0.05) is 43.7 Å². The summed E-state index contributed by atoms with van der Waals surface area (Å²) in [4.78, 5) is 14.6.